The van der Waals surface area contributed by atoms with Gasteiger partial charge >= 0.3 is 0 Å². The van der Waals surface area contributed by atoms with E-state index in [-0.39, 0.29) is 0 Å². The highest BCUT2D eigenvalue weighted by Gasteiger charge is 2.10. The minimum Gasteiger partial charge on any atom is -0.383 e. The van der Waals surface area contributed by atoms with E-state index in [1.807, 2.05) is 53.9 Å². The number of anilines is 1. The number of nitrogens with zero attached hydrogens (tertiary/aromatic N) is 2. The molecule has 0 amide bonds. The summed E-state index contributed by atoms with van der Waals surface area (Å²) >= 11 is 3.42. The molecule has 0 aliphatic carbocycles. The fourth-order valence-corrected chi connectivity index (χ4v) is 2.25. The molecule has 4 heteroatoms. The Morgan fingerprint density at radius 3 is 2.56 bits per heavy atom. The van der Waals surface area contributed by atoms with Gasteiger partial charge in [-0.05, 0) is 30.7 Å². The Labute approximate surface area is 113 Å². The van der Waals surface area contributed by atoms with Gasteiger partial charge in [-0.15, -0.1) is 0 Å². The Morgan fingerprint density at radius 1 is 1.11 bits per heavy atom. The number of nitrogens with two attached hydrogens (primary N) is 1. The lowest BCUT2D eigenvalue weighted by Crippen LogP contribution is -1.94. The first-order valence-corrected chi connectivity index (χ1v) is 6.44. The average Bonchev–Trinajstić information content (AvgIpc) is 2.68. The molecule has 0 aliphatic heterocycles. The molecule has 2 N–H and O–H groups in total. The molecule has 0 atom stereocenters. The Balaban J connectivity index is 2.23. The zero-order chi connectivity index (χ0) is 12.7. The van der Waals surface area contributed by atoms with Gasteiger partial charge in [0.2, 0.25) is 0 Å². The monoisotopic (exact) mass is 301 g/mol. The van der Waals surface area contributed by atoms with Gasteiger partial charge in [0.1, 0.15) is 17.2 Å². The molecule has 1 aromatic carbocycles. The molecule has 90 valence electrons. The van der Waals surface area contributed by atoms with E-state index in [4.69, 9.17) is 5.73 Å². The van der Waals surface area contributed by atoms with Gasteiger partial charge in [0.05, 0.1) is 0 Å². The van der Waals surface area contributed by atoms with Crippen LogP contribution in [0.5, 0.6) is 0 Å². The summed E-state index contributed by atoms with van der Waals surface area (Å²) in [6.45, 7) is 2.04. The van der Waals surface area contributed by atoms with Crippen LogP contribution in [0, 0.1) is 6.92 Å². The smallest absolute Gasteiger partial charge is 0.139 e. The summed E-state index contributed by atoms with van der Waals surface area (Å²) in [4.78, 5) is 4.58. The van der Waals surface area contributed by atoms with E-state index in [2.05, 4.69) is 20.9 Å². The number of nitrogen functional groups attached to an aromatic ring is 1. The standard InChI is InChI=1S/C14H12BrN3/c1-9-2-7-12-17-13(14(16)18(12)8-9)10-3-5-11(15)6-4-10/h2-8H,16H2,1H3. The van der Waals surface area contributed by atoms with Crippen LogP contribution in [0.1, 0.15) is 5.56 Å². The lowest BCUT2D eigenvalue weighted by Gasteiger charge is -2.00. The van der Waals surface area contributed by atoms with E-state index in [0.717, 1.165) is 26.9 Å². The van der Waals surface area contributed by atoms with Crippen LogP contribution in [0.4, 0.5) is 5.82 Å². The maximum atomic E-state index is 6.17. The number of fused-ring (bicyclic) bond motifs is 1. The number of pyridine rings is 1. The minimum atomic E-state index is 0.677. The Morgan fingerprint density at radius 2 is 1.83 bits per heavy atom. The van der Waals surface area contributed by atoms with Crippen molar-refractivity contribution in [2.45, 2.75) is 6.92 Å². The second-order valence-corrected chi connectivity index (χ2v) is 5.20. The molecule has 0 unspecified atom stereocenters. The number of hydrogen-bond acceptors (Lipinski definition) is 2. The van der Waals surface area contributed by atoms with Gasteiger partial charge in [0.15, 0.2) is 0 Å². The summed E-state index contributed by atoms with van der Waals surface area (Å²) < 4.78 is 2.97. The fourth-order valence-electron chi connectivity index (χ4n) is 1.99. The summed E-state index contributed by atoms with van der Waals surface area (Å²) in [5.74, 6) is 0.677. The zero-order valence-electron chi connectivity index (χ0n) is 9.89. The van der Waals surface area contributed by atoms with Crippen molar-refractivity contribution in [1.82, 2.24) is 9.38 Å². The molecular weight excluding hydrogens is 290 g/mol. The summed E-state index contributed by atoms with van der Waals surface area (Å²) in [5, 5.41) is 0. The molecule has 0 fully saturated rings. The van der Waals surface area contributed by atoms with Gasteiger partial charge < -0.3 is 5.73 Å². The molecule has 2 aromatic heterocycles. The van der Waals surface area contributed by atoms with Crippen LogP contribution in [0.2, 0.25) is 0 Å². The molecule has 3 nitrogen and oxygen atoms in total. The second-order valence-electron chi connectivity index (χ2n) is 4.29. The van der Waals surface area contributed by atoms with Crippen LogP contribution in [-0.2, 0) is 0 Å². The van der Waals surface area contributed by atoms with E-state index in [0.29, 0.717) is 5.82 Å². The Hall–Kier alpha value is -1.81. The molecule has 0 saturated heterocycles. The normalized spacial score (nSPS) is 11.0. The summed E-state index contributed by atoms with van der Waals surface area (Å²) in [5.41, 5.74) is 10.1. The Bertz CT molecular complexity index is 714. The largest absolute Gasteiger partial charge is 0.383 e. The van der Waals surface area contributed by atoms with Crippen LogP contribution in [0.3, 0.4) is 0 Å². The van der Waals surface area contributed by atoms with Gasteiger partial charge in [0.25, 0.3) is 0 Å². The maximum absolute atomic E-state index is 6.17. The molecular formula is C14H12BrN3. The summed E-state index contributed by atoms with van der Waals surface area (Å²) in [7, 11) is 0. The molecule has 18 heavy (non-hydrogen) atoms. The minimum absolute atomic E-state index is 0.677. The topological polar surface area (TPSA) is 43.3 Å². The van der Waals surface area contributed by atoms with E-state index in [1.165, 1.54) is 0 Å². The first kappa shape index (κ1) is 11.3. The van der Waals surface area contributed by atoms with Gasteiger partial charge in [-0.25, -0.2) is 4.98 Å². The maximum Gasteiger partial charge on any atom is 0.139 e. The zero-order valence-corrected chi connectivity index (χ0v) is 11.5. The second kappa shape index (κ2) is 4.14. The van der Waals surface area contributed by atoms with E-state index in [1.54, 1.807) is 0 Å². The predicted molar refractivity (Wildman–Crippen MR) is 77.5 cm³/mol. The molecule has 0 saturated carbocycles. The first-order chi connectivity index (χ1) is 8.65. The highest BCUT2D eigenvalue weighted by atomic mass is 79.9. The van der Waals surface area contributed by atoms with E-state index >= 15 is 0 Å². The third-order valence-electron chi connectivity index (χ3n) is 2.92. The molecule has 3 rings (SSSR count). The molecule has 3 aromatic rings. The lowest BCUT2D eigenvalue weighted by molar-refractivity contribution is 1.16. The first-order valence-electron chi connectivity index (χ1n) is 5.65. The van der Waals surface area contributed by atoms with E-state index < -0.39 is 0 Å². The van der Waals surface area contributed by atoms with Crippen molar-refractivity contribution in [3.63, 3.8) is 0 Å². The Kier molecular flexibility index (Phi) is 2.59. The molecule has 0 bridgehead atoms. The third-order valence-corrected chi connectivity index (χ3v) is 3.45. The van der Waals surface area contributed by atoms with Crippen LogP contribution in [0.25, 0.3) is 16.9 Å². The highest BCUT2D eigenvalue weighted by Crippen LogP contribution is 2.27. The average molecular weight is 302 g/mol. The molecule has 0 aliphatic rings. The van der Waals surface area contributed by atoms with Gasteiger partial charge in [0, 0.05) is 16.2 Å². The quantitative estimate of drug-likeness (QED) is 0.745. The number of aryl methyl sites for hydroxylation is 1. The van der Waals surface area contributed by atoms with Crippen LogP contribution < -0.4 is 5.73 Å². The van der Waals surface area contributed by atoms with E-state index in [9.17, 15) is 0 Å². The fraction of sp³-hybridized carbons (Fsp3) is 0.0714. The number of rotatable bonds is 1. The summed E-state index contributed by atoms with van der Waals surface area (Å²) in [6, 6.07) is 12.0. The number of hydrogen-bond donors (Lipinski definition) is 1. The third kappa shape index (κ3) is 1.78. The van der Waals surface area contributed by atoms with Gasteiger partial charge in [-0.1, -0.05) is 34.1 Å². The molecule has 0 radical (unpaired) electrons. The highest BCUT2D eigenvalue weighted by molar-refractivity contribution is 9.10. The number of aromatic nitrogens is 2. The predicted octanol–water partition coefficient (Wildman–Crippen LogP) is 3.65. The molecule has 2 heterocycles. The van der Waals surface area contributed by atoms with Crippen molar-refractivity contribution in [1.29, 1.82) is 0 Å². The summed E-state index contributed by atoms with van der Waals surface area (Å²) in [6.07, 6.45) is 2.00. The van der Waals surface area contributed by atoms with Crippen molar-refractivity contribution in [3.8, 4) is 11.3 Å². The van der Waals surface area contributed by atoms with Gasteiger partial charge in [-0.3, -0.25) is 4.40 Å². The van der Waals surface area contributed by atoms with Crippen molar-refractivity contribution < 1.29 is 0 Å². The van der Waals surface area contributed by atoms with Crippen LogP contribution in [-0.4, -0.2) is 9.38 Å². The number of benzene rings is 1. The van der Waals surface area contributed by atoms with Crippen molar-refractivity contribution in [2.24, 2.45) is 0 Å². The number of halogens is 1. The van der Waals surface area contributed by atoms with Gasteiger partial charge in [-0.2, -0.15) is 0 Å². The lowest BCUT2D eigenvalue weighted by atomic mass is 10.1. The molecule has 0 spiro atoms. The SMILES string of the molecule is Cc1ccc2nc(-c3ccc(Br)cc3)c(N)n2c1. The van der Waals surface area contributed by atoms with Crippen LogP contribution >= 0.6 is 15.9 Å². The van der Waals surface area contributed by atoms with Crippen LogP contribution in [0.15, 0.2) is 47.1 Å². The van der Waals surface area contributed by atoms with Crippen molar-refractivity contribution in [2.75, 3.05) is 5.73 Å². The van der Waals surface area contributed by atoms with Crippen molar-refractivity contribution >= 4 is 27.4 Å². The van der Waals surface area contributed by atoms with Crippen molar-refractivity contribution in [3.05, 3.63) is 52.6 Å². The number of imidazole rings is 1.